The van der Waals surface area contributed by atoms with Crippen LogP contribution in [0, 0.1) is 0 Å². The minimum absolute atomic E-state index is 0.629. The summed E-state index contributed by atoms with van der Waals surface area (Å²) < 4.78 is 1.74. The van der Waals surface area contributed by atoms with E-state index < -0.39 is 0 Å². The number of hydrogen-bond donors (Lipinski definition) is 2. The van der Waals surface area contributed by atoms with Gasteiger partial charge in [0, 0.05) is 20.1 Å². The van der Waals surface area contributed by atoms with E-state index in [-0.39, 0.29) is 0 Å². The molecule has 0 aliphatic rings. The average Bonchev–Trinajstić information content (AvgIpc) is 2.93. The monoisotopic (exact) mass is 392 g/mol. The largest absolute Gasteiger partial charge is 0.397 e. The van der Waals surface area contributed by atoms with Crippen molar-refractivity contribution < 1.29 is 0 Å². The fourth-order valence-electron chi connectivity index (χ4n) is 1.88. The Morgan fingerprint density at radius 3 is 2.55 bits per heavy atom. The Labute approximate surface area is 132 Å². The molecule has 0 saturated carbocycles. The van der Waals surface area contributed by atoms with E-state index in [1.54, 1.807) is 0 Å². The maximum Gasteiger partial charge on any atom is 0.181 e. The summed E-state index contributed by atoms with van der Waals surface area (Å²) in [4.78, 5) is 4.51. The highest BCUT2D eigenvalue weighted by Crippen LogP contribution is 2.34. The van der Waals surface area contributed by atoms with Crippen molar-refractivity contribution >= 4 is 37.5 Å². The molecule has 0 amide bonds. The standard InChI is InChI=1S/C14H10Br2N4/c15-9-6-10(12(17)11(16)7-9)14-18-13(19-20-14)8-4-2-1-3-5-8/h1-7H,17H2,(H,18,19,20). The zero-order chi connectivity index (χ0) is 14.1. The number of aromatic amines is 1. The summed E-state index contributed by atoms with van der Waals surface area (Å²) >= 11 is 6.88. The SMILES string of the molecule is Nc1c(Br)cc(Br)cc1-c1nc(-c2ccccc2)n[nH]1. The Morgan fingerprint density at radius 2 is 1.80 bits per heavy atom. The molecule has 4 nitrogen and oxygen atoms in total. The van der Waals surface area contributed by atoms with Crippen LogP contribution in [0.5, 0.6) is 0 Å². The van der Waals surface area contributed by atoms with Gasteiger partial charge in [-0.25, -0.2) is 4.98 Å². The first-order valence-corrected chi connectivity index (χ1v) is 7.46. The molecule has 0 atom stereocenters. The number of benzene rings is 2. The number of nitrogens with one attached hydrogen (secondary N) is 1. The molecule has 20 heavy (non-hydrogen) atoms. The van der Waals surface area contributed by atoms with Crippen molar-refractivity contribution in [3.05, 3.63) is 51.4 Å². The molecule has 0 unspecified atom stereocenters. The third-order valence-corrected chi connectivity index (χ3v) is 3.98. The Balaban J connectivity index is 2.07. The molecular weight excluding hydrogens is 384 g/mol. The minimum atomic E-state index is 0.629. The molecule has 1 heterocycles. The number of hydrogen-bond acceptors (Lipinski definition) is 3. The number of H-pyrrole nitrogens is 1. The molecule has 0 bridgehead atoms. The average molecular weight is 394 g/mol. The summed E-state index contributed by atoms with van der Waals surface area (Å²) in [6.07, 6.45) is 0. The first-order chi connectivity index (χ1) is 9.65. The molecule has 0 aliphatic heterocycles. The van der Waals surface area contributed by atoms with Crippen molar-refractivity contribution in [3.63, 3.8) is 0 Å². The number of nitrogens with zero attached hydrogens (tertiary/aromatic N) is 2. The van der Waals surface area contributed by atoms with Gasteiger partial charge in [-0.1, -0.05) is 46.3 Å². The van der Waals surface area contributed by atoms with Gasteiger partial charge in [-0.2, -0.15) is 5.10 Å². The van der Waals surface area contributed by atoms with Crippen molar-refractivity contribution in [3.8, 4) is 22.8 Å². The summed E-state index contributed by atoms with van der Waals surface area (Å²) in [7, 11) is 0. The molecule has 0 spiro atoms. The molecule has 3 N–H and O–H groups in total. The van der Waals surface area contributed by atoms with Gasteiger partial charge in [0.25, 0.3) is 0 Å². The van der Waals surface area contributed by atoms with Gasteiger partial charge in [-0.15, -0.1) is 0 Å². The lowest BCUT2D eigenvalue weighted by Gasteiger charge is -2.05. The molecule has 0 aliphatic carbocycles. The van der Waals surface area contributed by atoms with E-state index in [1.165, 1.54) is 0 Å². The minimum Gasteiger partial charge on any atom is -0.397 e. The summed E-state index contributed by atoms with van der Waals surface area (Å²) in [5, 5.41) is 7.17. The van der Waals surface area contributed by atoms with Crippen LogP contribution in [0.15, 0.2) is 51.4 Å². The van der Waals surface area contributed by atoms with Crippen molar-refractivity contribution in [1.82, 2.24) is 15.2 Å². The highest BCUT2D eigenvalue weighted by molar-refractivity contribution is 9.11. The molecule has 0 radical (unpaired) electrons. The molecule has 3 aromatic rings. The van der Waals surface area contributed by atoms with Crippen LogP contribution in [0.4, 0.5) is 5.69 Å². The maximum absolute atomic E-state index is 6.08. The smallest absolute Gasteiger partial charge is 0.181 e. The predicted octanol–water partition coefficient (Wildman–Crippen LogP) is 4.25. The number of halogens is 2. The zero-order valence-electron chi connectivity index (χ0n) is 10.3. The van der Waals surface area contributed by atoms with Gasteiger partial charge in [0.15, 0.2) is 11.6 Å². The Kier molecular flexibility index (Phi) is 3.58. The molecule has 1 aromatic heterocycles. The summed E-state index contributed by atoms with van der Waals surface area (Å²) in [6.45, 7) is 0. The van der Waals surface area contributed by atoms with Gasteiger partial charge in [-0.05, 0) is 28.1 Å². The summed E-state index contributed by atoms with van der Waals surface area (Å²) in [5.74, 6) is 1.29. The van der Waals surface area contributed by atoms with Gasteiger partial charge < -0.3 is 5.73 Å². The predicted molar refractivity (Wildman–Crippen MR) is 87.1 cm³/mol. The van der Waals surface area contributed by atoms with Gasteiger partial charge in [-0.3, -0.25) is 5.10 Å². The second-order valence-corrected chi connectivity index (χ2v) is 5.99. The highest BCUT2D eigenvalue weighted by Gasteiger charge is 2.12. The van der Waals surface area contributed by atoms with E-state index in [0.717, 1.165) is 20.1 Å². The second kappa shape index (κ2) is 5.38. The lowest BCUT2D eigenvalue weighted by Crippen LogP contribution is -1.93. The van der Waals surface area contributed by atoms with Crippen LogP contribution in [-0.2, 0) is 0 Å². The Hall–Kier alpha value is -1.66. The normalized spacial score (nSPS) is 10.7. The third-order valence-electron chi connectivity index (χ3n) is 2.87. The van der Waals surface area contributed by atoms with Crippen molar-refractivity contribution in [2.24, 2.45) is 0 Å². The maximum atomic E-state index is 6.08. The number of nitrogen functional groups attached to an aromatic ring is 1. The first-order valence-electron chi connectivity index (χ1n) is 5.88. The Morgan fingerprint density at radius 1 is 1.05 bits per heavy atom. The van der Waals surface area contributed by atoms with Gasteiger partial charge in [0.05, 0.1) is 5.69 Å². The van der Waals surface area contributed by atoms with E-state index in [2.05, 4.69) is 47.0 Å². The second-order valence-electron chi connectivity index (χ2n) is 4.22. The van der Waals surface area contributed by atoms with Crippen LogP contribution in [0.1, 0.15) is 0 Å². The number of anilines is 1. The van der Waals surface area contributed by atoms with Crippen molar-refractivity contribution in [2.45, 2.75) is 0 Å². The van der Waals surface area contributed by atoms with Crippen LogP contribution < -0.4 is 5.73 Å². The molecular formula is C14H10Br2N4. The van der Waals surface area contributed by atoms with Gasteiger partial charge in [0.2, 0.25) is 0 Å². The number of nitrogens with two attached hydrogens (primary N) is 1. The van der Waals surface area contributed by atoms with Crippen LogP contribution in [0.25, 0.3) is 22.8 Å². The quantitative estimate of drug-likeness (QED) is 0.639. The van der Waals surface area contributed by atoms with Crippen molar-refractivity contribution in [2.75, 3.05) is 5.73 Å². The zero-order valence-corrected chi connectivity index (χ0v) is 13.4. The Bertz CT molecular complexity index is 753. The number of aromatic nitrogens is 3. The van der Waals surface area contributed by atoms with Gasteiger partial charge in [0.1, 0.15) is 0 Å². The van der Waals surface area contributed by atoms with Crippen LogP contribution >= 0.6 is 31.9 Å². The van der Waals surface area contributed by atoms with Crippen molar-refractivity contribution in [1.29, 1.82) is 0 Å². The van der Waals surface area contributed by atoms with E-state index in [9.17, 15) is 0 Å². The van der Waals surface area contributed by atoms with Crippen LogP contribution in [0.3, 0.4) is 0 Å². The van der Waals surface area contributed by atoms with E-state index in [0.29, 0.717) is 17.3 Å². The first kappa shape index (κ1) is 13.3. The topological polar surface area (TPSA) is 67.6 Å². The fraction of sp³-hybridized carbons (Fsp3) is 0. The van der Waals surface area contributed by atoms with E-state index in [1.807, 2.05) is 42.5 Å². The lowest BCUT2D eigenvalue weighted by atomic mass is 10.1. The van der Waals surface area contributed by atoms with E-state index >= 15 is 0 Å². The third kappa shape index (κ3) is 2.48. The van der Waals surface area contributed by atoms with Crippen LogP contribution in [0.2, 0.25) is 0 Å². The van der Waals surface area contributed by atoms with E-state index in [4.69, 9.17) is 5.73 Å². The summed E-state index contributed by atoms with van der Waals surface area (Å²) in [5.41, 5.74) is 8.47. The molecule has 0 fully saturated rings. The molecule has 2 aromatic carbocycles. The fourth-order valence-corrected chi connectivity index (χ4v) is 3.10. The highest BCUT2D eigenvalue weighted by atomic mass is 79.9. The van der Waals surface area contributed by atoms with Crippen LogP contribution in [-0.4, -0.2) is 15.2 Å². The molecule has 0 saturated heterocycles. The number of rotatable bonds is 2. The summed E-state index contributed by atoms with van der Waals surface area (Å²) in [6, 6.07) is 13.6. The molecule has 100 valence electrons. The van der Waals surface area contributed by atoms with Gasteiger partial charge >= 0.3 is 0 Å². The molecule has 3 rings (SSSR count). The molecule has 6 heteroatoms. The lowest BCUT2D eigenvalue weighted by molar-refractivity contribution is 1.10.